The highest BCUT2D eigenvalue weighted by atomic mass is 32.1. The number of thiocarbonyl (C=S) groups is 1. The van der Waals surface area contributed by atoms with Gasteiger partial charge in [0.25, 0.3) is 5.17 Å². The zero-order chi connectivity index (χ0) is 20.8. The minimum atomic E-state index is 0.331. The molecule has 4 aliphatic heterocycles. The molecule has 0 aliphatic carbocycles. The predicted octanol–water partition coefficient (Wildman–Crippen LogP) is 4.30. The molecule has 2 saturated heterocycles. The van der Waals surface area contributed by atoms with E-state index in [1.807, 2.05) is 18.2 Å². The maximum atomic E-state index is 6.09. The van der Waals surface area contributed by atoms with E-state index in [-0.39, 0.29) is 0 Å². The number of benzene rings is 2. The van der Waals surface area contributed by atoms with Crippen molar-refractivity contribution in [2.45, 2.75) is 44.4 Å². The number of nitrogens with zero attached hydrogens (tertiary/aromatic N) is 2. The van der Waals surface area contributed by atoms with E-state index in [4.69, 9.17) is 26.4 Å². The van der Waals surface area contributed by atoms with Crippen LogP contribution >= 0.6 is 12.2 Å². The first kappa shape index (κ1) is 19.4. The first-order chi connectivity index (χ1) is 15.3. The van der Waals surface area contributed by atoms with Gasteiger partial charge in [0, 0.05) is 31.7 Å². The van der Waals surface area contributed by atoms with Gasteiger partial charge in [-0.1, -0.05) is 30.3 Å². The summed E-state index contributed by atoms with van der Waals surface area (Å²) < 4.78 is 17.4. The van der Waals surface area contributed by atoms with Crippen LogP contribution in [0.25, 0.3) is 0 Å². The second kappa shape index (κ2) is 7.99. The summed E-state index contributed by atoms with van der Waals surface area (Å²) in [6.07, 6.45) is 4.64. The lowest BCUT2D eigenvalue weighted by atomic mass is 9.76. The molecule has 3 unspecified atom stereocenters. The molecule has 31 heavy (non-hydrogen) atoms. The Kier molecular flexibility index (Phi) is 4.99. The molecule has 4 aliphatic rings. The Balaban J connectivity index is 1.22. The number of likely N-dealkylation sites (tertiary alicyclic amines) is 1. The van der Waals surface area contributed by atoms with Crippen molar-refractivity contribution in [3.8, 4) is 11.5 Å². The number of hydrogen-bond acceptors (Lipinski definition) is 5. The summed E-state index contributed by atoms with van der Waals surface area (Å²) >= 11 is 5.78. The van der Waals surface area contributed by atoms with Gasteiger partial charge in [0.1, 0.15) is 6.61 Å². The fourth-order valence-electron chi connectivity index (χ4n) is 5.87. The highest BCUT2D eigenvalue weighted by molar-refractivity contribution is 7.80. The third-order valence-electron chi connectivity index (χ3n) is 7.39. The van der Waals surface area contributed by atoms with Gasteiger partial charge < -0.3 is 19.1 Å². The van der Waals surface area contributed by atoms with E-state index in [1.165, 1.54) is 24.0 Å². The van der Waals surface area contributed by atoms with Crippen molar-refractivity contribution in [1.29, 1.82) is 0 Å². The predicted molar refractivity (Wildman–Crippen MR) is 122 cm³/mol. The molecule has 0 saturated carbocycles. The molecular weight excluding hydrogens is 408 g/mol. The highest BCUT2D eigenvalue weighted by Crippen LogP contribution is 2.46. The molecular formula is C25H28N2O3S. The van der Waals surface area contributed by atoms with Gasteiger partial charge in [-0.2, -0.15) is 0 Å². The van der Waals surface area contributed by atoms with E-state index in [0.717, 1.165) is 49.5 Å². The average molecular weight is 437 g/mol. The highest BCUT2D eigenvalue weighted by Gasteiger charge is 2.44. The van der Waals surface area contributed by atoms with Crippen molar-refractivity contribution in [3.05, 3.63) is 59.2 Å². The molecule has 3 atom stereocenters. The second-order valence-corrected chi connectivity index (χ2v) is 9.45. The molecule has 0 spiro atoms. The number of ether oxygens (including phenoxy) is 3. The van der Waals surface area contributed by atoms with E-state index in [9.17, 15) is 0 Å². The normalized spacial score (nSPS) is 26.6. The molecule has 0 aromatic heterocycles. The van der Waals surface area contributed by atoms with Gasteiger partial charge in [0.2, 0.25) is 6.79 Å². The Labute approximate surface area is 188 Å². The molecule has 2 fully saturated rings. The second-order valence-electron chi connectivity index (χ2n) is 9.10. The summed E-state index contributed by atoms with van der Waals surface area (Å²) in [6.45, 7) is 4.12. The van der Waals surface area contributed by atoms with E-state index in [1.54, 1.807) is 0 Å². The minimum Gasteiger partial charge on any atom is -0.466 e. The van der Waals surface area contributed by atoms with Crippen LogP contribution in [0.2, 0.25) is 0 Å². The molecule has 5 nitrogen and oxygen atoms in total. The van der Waals surface area contributed by atoms with Crippen LogP contribution in [0.3, 0.4) is 0 Å². The number of rotatable bonds is 2. The molecule has 162 valence electrons. The average Bonchev–Trinajstić information content (AvgIpc) is 3.27. The molecule has 6 heteroatoms. The maximum Gasteiger partial charge on any atom is 0.259 e. The van der Waals surface area contributed by atoms with Crippen LogP contribution in [0.1, 0.15) is 42.0 Å². The number of hydrogen-bond donors (Lipinski definition) is 0. The van der Waals surface area contributed by atoms with Crippen LogP contribution < -0.4 is 9.47 Å². The molecule has 4 heterocycles. The molecule has 0 bridgehead atoms. The van der Waals surface area contributed by atoms with Gasteiger partial charge in [0.05, 0.1) is 0 Å². The molecule has 0 amide bonds. The monoisotopic (exact) mass is 436 g/mol. The molecule has 0 N–H and O–H groups in total. The largest absolute Gasteiger partial charge is 0.466 e. The molecule has 2 aromatic rings. The lowest BCUT2D eigenvalue weighted by Gasteiger charge is -2.52. The Hall–Kier alpha value is -2.31. The van der Waals surface area contributed by atoms with Crippen LogP contribution in [-0.2, 0) is 17.8 Å². The number of fused-ring (bicyclic) bond motifs is 5. The zero-order valence-corrected chi connectivity index (χ0v) is 18.5. The SMILES string of the molecule is S=C(OCc1ccccc1)N1CCCC2CN3CCc4cc5c(cc4C3CC21)OCO5. The van der Waals surface area contributed by atoms with Gasteiger partial charge in [-0.25, -0.2) is 0 Å². The smallest absolute Gasteiger partial charge is 0.259 e. The lowest BCUT2D eigenvalue weighted by molar-refractivity contribution is 0.00800. The van der Waals surface area contributed by atoms with Gasteiger partial charge in [-0.3, -0.25) is 4.90 Å². The first-order valence-corrected chi connectivity index (χ1v) is 11.8. The van der Waals surface area contributed by atoms with Crippen molar-refractivity contribution in [2.24, 2.45) is 5.92 Å². The van der Waals surface area contributed by atoms with Crippen LogP contribution in [0.5, 0.6) is 11.5 Å². The Bertz CT molecular complexity index is 982. The molecule has 0 radical (unpaired) electrons. The van der Waals surface area contributed by atoms with Crippen molar-refractivity contribution in [3.63, 3.8) is 0 Å². The Morgan fingerprint density at radius 3 is 2.81 bits per heavy atom. The van der Waals surface area contributed by atoms with E-state index >= 15 is 0 Å². The van der Waals surface area contributed by atoms with E-state index in [0.29, 0.717) is 36.6 Å². The summed E-state index contributed by atoms with van der Waals surface area (Å²) in [6, 6.07) is 15.6. The van der Waals surface area contributed by atoms with Crippen LogP contribution in [-0.4, -0.2) is 47.4 Å². The topological polar surface area (TPSA) is 34.2 Å². The van der Waals surface area contributed by atoms with Crippen LogP contribution in [0.4, 0.5) is 0 Å². The summed E-state index contributed by atoms with van der Waals surface area (Å²) in [5, 5.41) is 0.661. The van der Waals surface area contributed by atoms with Gasteiger partial charge in [-0.05, 0) is 72.6 Å². The Morgan fingerprint density at radius 1 is 1.10 bits per heavy atom. The van der Waals surface area contributed by atoms with Gasteiger partial charge in [0.15, 0.2) is 11.5 Å². The fraction of sp³-hybridized carbons (Fsp3) is 0.480. The summed E-state index contributed by atoms with van der Waals surface area (Å²) in [4.78, 5) is 5.06. The van der Waals surface area contributed by atoms with Gasteiger partial charge >= 0.3 is 0 Å². The van der Waals surface area contributed by atoms with Crippen LogP contribution in [0, 0.1) is 5.92 Å². The van der Waals surface area contributed by atoms with Crippen molar-refractivity contribution >= 4 is 17.4 Å². The van der Waals surface area contributed by atoms with Crippen molar-refractivity contribution < 1.29 is 14.2 Å². The van der Waals surface area contributed by atoms with Crippen molar-refractivity contribution in [2.75, 3.05) is 26.4 Å². The lowest BCUT2D eigenvalue weighted by Crippen LogP contribution is -2.57. The fourth-order valence-corrected chi connectivity index (χ4v) is 6.15. The molecule has 2 aromatic carbocycles. The summed E-state index contributed by atoms with van der Waals surface area (Å²) in [5.41, 5.74) is 3.98. The van der Waals surface area contributed by atoms with Gasteiger partial charge in [-0.15, -0.1) is 0 Å². The zero-order valence-electron chi connectivity index (χ0n) is 17.7. The van der Waals surface area contributed by atoms with Crippen LogP contribution in [0.15, 0.2) is 42.5 Å². The minimum absolute atomic E-state index is 0.331. The quantitative estimate of drug-likeness (QED) is 0.653. The van der Waals surface area contributed by atoms with E-state index < -0.39 is 0 Å². The summed E-state index contributed by atoms with van der Waals surface area (Å²) in [5.74, 6) is 2.44. The Morgan fingerprint density at radius 2 is 1.94 bits per heavy atom. The van der Waals surface area contributed by atoms with E-state index in [2.05, 4.69) is 34.1 Å². The van der Waals surface area contributed by atoms with Crippen molar-refractivity contribution in [1.82, 2.24) is 9.80 Å². The third kappa shape index (κ3) is 3.56. The molecule has 6 rings (SSSR count). The number of piperidine rings is 2. The first-order valence-electron chi connectivity index (χ1n) is 11.4. The maximum absolute atomic E-state index is 6.09. The third-order valence-corrected chi connectivity index (χ3v) is 7.75. The summed E-state index contributed by atoms with van der Waals surface area (Å²) in [7, 11) is 0. The standard InChI is InChI=1S/C25H28N2O3S/c31-25(28-15-17-5-2-1-3-6-17)27-9-4-7-19-14-26-10-8-18-11-23-24(30-16-29-23)12-20(18)22(26)13-21(19)27/h1-3,5-6,11-12,19,21-22H,4,7-10,13-16H2.